The quantitative estimate of drug-likeness (QED) is 0.761. The van der Waals surface area contributed by atoms with Crippen molar-refractivity contribution < 1.29 is 18.6 Å². The average molecular weight is 385 g/mol. The third-order valence-corrected chi connectivity index (χ3v) is 4.61. The molecule has 2 heterocycles. The van der Waals surface area contributed by atoms with Crippen molar-refractivity contribution in [1.29, 1.82) is 0 Å². The summed E-state index contributed by atoms with van der Waals surface area (Å²) < 4.78 is 28.7. The fraction of sp³-hybridized carbons (Fsp3) is 0.471. The number of anilines is 1. The fourth-order valence-electron chi connectivity index (χ4n) is 2.96. The molecule has 2 aromatic heterocycles. The summed E-state index contributed by atoms with van der Waals surface area (Å²) in [6.07, 6.45) is 7.09. The Hall–Kier alpha value is -2.06. The van der Waals surface area contributed by atoms with Crippen LogP contribution >= 0.6 is 11.6 Å². The first-order valence-corrected chi connectivity index (χ1v) is 8.62. The first kappa shape index (κ1) is 18.7. The number of rotatable bonds is 5. The zero-order valence-electron chi connectivity index (χ0n) is 14.1. The van der Waals surface area contributed by atoms with Crippen LogP contribution in [0, 0.1) is 0 Å². The number of hydrogen-bond donors (Lipinski definition) is 2. The van der Waals surface area contributed by atoms with Crippen LogP contribution < -0.4 is 10.1 Å². The van der Waals surface area contributed by atoms with E-state index in [0.717, 1.165) is 24.7 Å². The van der Waals surface area contributed by atoms with Gasteiger partial charge in [0.05, 0.1) is 23.7 Å². The summed E-state index contributed by atoms with van der Waals surface area (Å²) in [6.45, 7) is -1.11. The van der Waals surface area contributed by atoms with E-state index in [4.69, 9.17) is 11.6 Å². The predicted molar refractivity (Wildman–Crippen MR) is 93.4 cm³/mol. The van der Waals surface area contributed by atoms with Crippen molar-refractivity contribution in [2.75, 3.05) is 5.32 Å². The smallest absolute Gasteiger partial charge is 0.388 e. The van der Waals surface area contributed by atoms with E-state index in [1.54, 1.807) is 12.3 Å². The molecule has 2 aromatic rings. The van der Waals surface area contributed by atoms with Crippen LogP contribution in [0.15, 0.2) is 24.7 Å². The molecule has 1 saturated carbocycles. The Balaban J connectivity index is 1.80. The van der Waals surface area contributed by atoms with Crippen LogP contribution in [0.5, 0.6) is 5.88 Å². The number of aliphatic hydroxyl groups is 1. The molecule has 2 N–H and O–H groups in total. The minimum absolute atomic E-state index is 0.182. The van der Waals surface area contributed by atoms with Gasteiger partial charge in [0, 0.05) is 23.5 Å². The second-order valence-corrected chi connectivity index (χ2v) is 6.97. The number of halogens is 3. The fourth-order valence-corrected chi connectivity index (χ4v) is 3.12. The highest BCUT2D eigenvalue weighted by atomic mass is 35.5. The van der Waals surface area contributed by atoms with Gasteiger partial charge in [0.25, 0.3) is 0 Å². The zero-order valence-corrected chi connectivity index (χ0v) is 14.9. The lowest BCUT2D eigenvalue weighted by Crippen LogP contribution is -2.35. The summed E-state index contributed by atoms with van der Waals surface area (Å²) in [4.78, 5) is 12.0. The number of nitrogens with zero attached hydrogens (tertiary/aromatic N) is 3. The van der Waals surface area contributed by atoms with Gasteiger partial charge < -0.3 is 15.2 Å². The SMILES string of the molecule is CC1(O)CCC(Nc2cc(Cl)ncc2-c2cnc(OC(F)F)cn2)CC1. The highest BCUT2D eigenvalue weighted by molar-refractivity contribution is 6.29. The van der Waals surface area contributed by atoms with E-state index < -0.39 is 12.2 Å². The zero-order chi connectivity index (χ0) is 18.7. The van der Waals surface area contributed by atoms with E-state index in [0.29, 0.717) is 29.3 Å². The molecule has 3 rings (SSSR count). The molecule has 26 heavy (non-hydrogen) atoms. The summed E-state index contributed by atoms with van der Waals surface area (Å²) in [5, 5.41) is 13.8. The summed E-state index contributed by atoms with van der Waals surface area (Å²) >= 11 is 6.02. The van der Waals surface area contributed by atoms with E-state index in [2.05, 4.69) is 25.0 Å². The Morgan fingerprint density at radius 3 is 2.58 bits per heavy atom. The van der Waals surface area contributed by atoms with E-state index >= 15 is 0 Å². The molecule has 0 amide bonds. The molecule has 1 aliphatic rings. The van der Waals surface area contributed by atoms with Gasteiger partial charge in [0.2, 0.25) is 5.88 Å². The molecular formula is C17H19ClF2N4O2. The summed E-state index contributed by atoms with van der Waals surface area (Å²) in [6, 6.07) is 1.87. The van der Waals surface area contributed by atoms with Gasteiger partial charge in [-0.25, -0.2) is 15.0 Å². The molecule has 1 aliphatic carbocycles. The second kappa shape index (κ2) is 7.67. The topological polar surface area (TPSA) is 80.2 Å². The first-order valence-electron chi connectivity index (χ1n) is 8.24. The van der Waals surface area contributed by atoms with Gasteiger partial charge in [-0.15, -0.1) is 0 Å². The number of hydrogen-bond acceptors (Lipinski definition) is 6. The van der Waals surface area contributed by atoms with Gasteiger partial charge >= 0.3 is 6.61 Å². The molecule has 0 saturated heterocycles. The third-order valence-electron chi connectivity index (χ3n) is 4.41. The Morgan fingerprint density at radius 1 is 1.23 bits per heavy atom. The van der Waals surface area contributed by atoms with Gasteiger partial charge in [0.15, 0.2) is 0 Å². The summed E-state index contributed by atoms with van der Waals surface area (Å²) in [5.74, 6) is -0.255. The highest BCUT2D eigenvalue weighted by Gasteiger charge is 2.29. The lowest BCUT2D eigenvalue weighted by molar-refractivity contribution is -0.0531. The van der Waals surface area contributed by atoms with Crippen LogP contribution in [0.2, 0.25) is 5.15 Å². The van der Waals surface area contributed by atoms with Gasteiger partial charge in [-0.1, -0.05) is 11.6 Å². The van der Waals surface area contributed by atoms with Crippen molar-refractivity contribution in [3.8, 4) is 17.1 Å². The highest BCUT2D eigenvalue weighted by Crippen LogP contribution is 2.33. The molecule has 0 spiro atoms. The van der Waals surface area contributed by atoms with Crippen LogP contribution in [-0.2, 0) is 0 Å². The maximum atomic E-state index is 12.2. The van der Waals surface area contributed by atoms with Crippen molar-refractivity contribution in [2.24, 2.45) is 0 Å². The van der Waals surface area contributed by atoms with Crippen LogP contribution in [0.1, 0.15) is 32.6 Å². The molecule has 6 nitrogen and oxygen atoms in total. The molecule has 140 valence electrons. The molecule has 0 bridgehead atoms. The van der Waals surface area contributed by atoms with Gasteiger partial charge in [-0.2, -0.15) is 8.78 Å². The van der Waals surface area contributed by atoms with Crippen LogP contribution in [0.25, 0.3) is 11.3 Å². The van der Waals surface area contributed by atoms with E-state index in [1.807, 2.05) is 6.92 Å². The van der Waals surface area contributed by atoms with E-state index in [-0.39, 0.29) is 11.9 Å². The Bertz CT molecular complexity index is 749. The Labute approximate surface area is 154 Å². The normalized spacial score (nSPS) is 23.1. The monoisotopic (exact) mass is 384 g/mol. The molecule has 0 radical (unpaired) electrons. The van der Waals surface area contributed by atoms with Gasteiger partial charge in [-0.05, 0) is 38.7 Å². The largest absolute Gasteiger partial charge is 0.415 e. The summed E-state index contributed by atoms with van der Waals surface area (Å²) in [7, 11) is 0. The number of aromatic nitrogens is 3. The average Bonchev–Trinajstić information content (AvgIpc) is 2.57. The number of nitrogens with one attached hydrogen (secondary N) is 1. The molecule has 1 fully saturated rings. The molecule has 0 atom stereocenters. The van der Waals surface area contributed by atoms with E-state index in [1.165, 1.54) is 6.20 Å². The standard InChI is InChI=1S/C17H19ClF2N4O2/c1-17(25)4-2-10(3-5-17)24-12-6-14(18)22-7-11(12)13-8-23-15(9-21-13)26-16(19)20/h6-10,16,25H,2-5H2,1H3,(H,22,24). The minimum atomic E-state index is -2.95. The van der Waals surface area contributed by atoms with Gasteiger partial charge in [0.1, 0.15) is 5.15 Å². The van der Waals surface area contributed by atoms with Crippen molar-refractivity contribution in [1.82, 2.24) is 15.0 Å². The van der Waals surface area contributed by atoms with Gasteiger partial charge in [-0.3, -0.25) is 0 Å². The maximum Gasteiger partial charge on any atom is 0.388 e. The van der Waals surface area contributed by atoms with Crippen LogP contribution in [0.3, 0.4) is 0 Å². The lowest BCUT2D eigenvalue weighted by Gasteiger charge is -2.34. The van der Waals surface area contributed by atoms with Crippen molar-refractivity contribution >= 4 is 17.3 Å². The number of pyridine rings is 1. The Kier molecular flexibility index (Phi) is 5.52. The van der Waals surface area contributed by atoms with Crippen LogP contribution in [0.4, 0.5) is 14.5 Å². The van der Waals surface area contributed by atoms with Crippen molar-refractivity contribution in [3.05, 3.63) is 29.8 Å². The molecule has 9 heteroatoms. The minimum Gasteiger partial charge on any atom is -0.415 e. The van der Waals surface area contributed by atoms with Crippen molar-refractivity contribution in [2.45, 2.75) is 50.9 Å². The van der Waals surface area contributed by atoms with Crippen molar-refractivity contribution in [3.63, 3.8) is 0 Å². The van der Waals surface area contributed by atoms with Crippen LogP contribution in [-0.4, -0.2) is 38.3 Å². The third kappa shape index (κ3) is 4.76. The molecule has 0 aliphatic heterocycles. The number of alkyl halides is 2. The molecule has 0 unspecified atom stereocenters. The molecular weight excluding hydrogens is 366 g/mol. The first-order chi connectivity index (χ1) is 12.3. The Morgan fingerprint density at radius 2 is 1.96 bits per heavy atom. The summed E-state index contributed by atoms with van der Waals surface area (Å²) in [5.41, 5.74) is 1.22. The maximum absolute atomic E-state index is 12.2. The predicted octanol–water partition coefficient (Wildman–Crippen LogP) is 3.90. The lowest BCUT2D eigenvalue weighted by atomic mass is 9.83. The van der Waals surface area contributed by atoms with E-state index in [9.17, 15) is 13.9 Å². The number of ether oxygens (including phenoxy) is 1. The molecule has 0 aromatic carbocycles. The second-order valence-electron chi connectivity index (χ2n) is 6.59.